The van der Waals surface area contributed by atoms with Gasteiger partial charge >= 0.3 is 0 Å². The maximum atomic E-state index is 4.69. The molecule has 0 amide bonds. The third-order valence-electron chi connectivity index (χ3n) is 3.78. The van der Waals surface area contributed by atoms with Gasteiger partial charge in [0.1, 0.15) is 0 Å². The molecule has 1 heterocycles. The van der Waals surface area contributed by atoms with Gasteiger partial charge in [-0.05, 0) is 46.0 Å². The van der Waals surface area contributed by atoms with E-state index in [0.717, 1.165) is 37.6 Å². The molecule has 0 radical (unpaired) electrons. The molecule has 21 heavy (non-hydrogen) atoms. The molecule has 1 aliphatic carbocycles. The van der Waals surface area contributed by atoms with E-state index in [0.29, 0.717) is 6.04 Å². The molecule has 1 saturated carbocycles. The zero-order chi connectivity index (χ0) is 14.9. The van der Waals surface area contributed by atoms with Crippen molar-refractivity contribution in [1.82, 2.24) is 15.6 Å². The van der Waals surface area contributed by atoms with E-state index in [1.165, 1.54) is 37.1 Å². The van der Waals surface area contributed by atoms with Gasteiger partial charge in [-0.15, -0.1) is 11.3 Å². The van der Waals surface area contributed by atoms with Crippen LogP contribution in [0.4, 0.5) is 0 Å². The average molecular weight is 308 g/mol. The molecule has 1 aromatic rings. The Kier molecular flexibility index (Phi) is 7.00. The minimum atomic E-state index is 0.626. The van der Waals surface area contributed by atoms with Gasteiger partial charge in [-0.25, -0.2) is 4.98 Å². The molecule has 1 fully saturated rings. The standard InChI is InChI=1S/C16H28N4S/c1-3-17-16(20-14-8-4-5-9-14)18-11-7-6-10-15-19-13(2)12-21-15/h12,14H,3-11H2,1-2H3,(H2,17,18,20). The van der Waals surface area contributed by atoms with E-state index in [1.54, 1.807) is 11.3 Å². The largest absolute Gasteiger partial charge is 0.357 e. The summed E-state index contributed by atoms with van der Waals surface area (Å²) in [7, 11) is 0. The van der Waals surface area contributed by atoms with Crippen molar-refractivity contribution in [1.29, 1.82) is 0 Å². The van der Waals surface area contributed by atoms with E-state index in [4.69, 9.17) is 4.99 Å². The normalized spacial score (nSPS) is 16.4. The lowest BCUT2D eigenvalue weighted by Gasteiger charge is -2.16. The number of aryl methyl sites for hydroxylation is 2. The number of rotatable bonds is 7. The second kappa shape index (κ2) is 9.03. The fraction of sp³-hybridized carbons (Fsp3) is 0.750. The summed E-state index contributed by atoms with van der Waals surface area (Å²) in [5.74, 6) is 0.995. The predicted molar refractivity (Wildman–Crippen MR) is 91.2 cm³/mol. The molecular weight excluding hydrogens is 280 g/mol. The number of hydrogen-bond acceptors (Lipinski definition) is 3. The smallest absolute Gasteiger partial charge is 0.191 e. The highest BCUT2D eigenvalue weighted by Gasteiger charge is 2.15. The lowest BCUT2D eigenvalue weighted by atomic mass is 10.2. The van der Waals surface area contributed by atoms with Gasteiger partial charge in [0, 0.05) is 30.2 Å². The van der Waals surface area contributed by atoms with Crippen LogP contribution in [0, 0.1) is 6.92 Å². The fourth-order valence-electron chi connectivity index (χ4n) is 2.68. The van der Waals surface area contributed by atoms with Gasteiger partial charge in [0.15, 0.2) is 5.96 Å². The SMILES string of the molecule is CCNC(=NCCCCc1nc(C)cs1)NC1CCCC1. The van der Waals surface area contributed by atoms with Gasteiger partial charge < -0.3 is 10.6 Å². The Balaban J connectivity index is 1.66. The van der Waals surface area contributed by atoms with Crippen LogP contribution in [-0.2, 0) is 6.42 Å². The first-order chi connectivity index (χ1) is 10.3. The maximum absolute atomic E-state index is 4.69. The number of aliphatic imine (C=N–C) groups is 1. The maximum Gasteiger partial charge on any atom is 0.191 e. The van der Waals surface area contributed by atoms with E-state index in [9.17, 15) is 0 Å². The summed E-state index contributed by atoms with van der Waals surface area (Å²) in [5.41, 5.74) is 1.14. The van der Waals surface area contributed by atoms with Gasteiger partial charge in [0.05, 0.1) is 5.01 Å². The van der Waals surface area contributed by atoms with Crippen LogP contribution in [-0.4, -0.2) is 30.1 Å². The zero-order valence-corrected chi connectivity index (χ0v) is 14.1. The molecule has 0 bridgehead atoms. The van der Waals surface area contributed by atoms with E-state index in [1.807, 2.05) is 0 Å². The quantitative estimate of drug-likeness (QED) is 0.462. The summed E-state index contributed by atoms with van der Waals surface area (Å²) in [5, 5.41) is 10.3. The zero-order valence-electron chi connectivity index (χ0n) is 13.3. The van der Waals surface area contributed by atoms with Crippen LogP contribution in [0.25, 0.3) is 0 Å². The van der Waals surface area contributed by atoms with Crippen molar-refractivity contribution in [3.8, 4) is 0 Å². The molecule has 2 rings (SSSR count). The van der Waals surface area contributed by atoms with Crippen molar-refractivity contribution >= 4 is 17.3 Å². The molecule has 5 heteroatoms. The first-order valence-corrected chi connectivity index (χ1v) is 9.11. The molecule has 1 aromatic heterocycles. The van der Waals surface area contributed by atoms with Crippen LogP contribution >= 0.6 is 11.3 Å². The van der Waals surface area contributed by atoms with Crippen LogP contribution in [0.5, 0.6) is 0 Å². The summed E-state index contributed by atoms with van der Waals surface area (Å²) < 4.78 is 0. The number of guanidine groups is 1. The molecule has 0 saturated heterocycles. The Morgan fingerprint density at radius 3 is 2.86 bits per heavy atom. The number of hydrogen-bond donors (Lipinski definition) is 2. The minimum Gasteiger partial charge on any atom is -0.357 e. The second-order valence-corrected chi connectivity index (χ2v) is 6.67. The van der Waals surface area contributed by atoms with Crippen LogP contribution in [0.1, 0.15) is 56.2 Å². The highest BCUT2D eigenvalue weighted by molar-refractivity contribution is 7.09. The minimum absolute atomic E-state index is 0.626. The van der Waals surface area contributed by atoms with Crippen molar-refractivity contribution in [3.63, 3.8) is 0 Å². The predicted octanol–water partition coefficient (Wildman–Crippen LogP) is 3.27. The average Bonchev–Trinajstić information content (AvgIpc) is 3.10. The van der Waals surface area contributed by atoms with Crippen LogP contribution in [0.15, 0.2) is 10.4 Å². The van der Waals surface area contributed by atoms with Crippen molar-refractivity contribution < 1.29 is 0 Å². The van der Waals surface area contributed by atoms with Crippen molar-refractivity contribution in [2.75, 3.05) is 13.1 Å². The molecule has 2 N–H and O–H groups in total. The van der Waals surface area contributed by atoms with Gasteiger partial charge in [0.2, 0.25) is 0 Å². The van der Waals surface area contributed by atoms with Gasteiger partial charge in [0.25, 0.3) is 0 Å². The molecule has 118 valence electrons. The van der Waals surface area contributed by atoms with Crippen LogP contribution < -0.4 is 10.6 Å². The van der Waals surface area contributed by atoms with Crippen LogP contribution in [0.3, 0.4) is 0 Å². The van der Waals surface area contributed by atoms with Crippen molar-refractivity contribution in [2.24, 2.45) is 4.99 Å². The number of thiazole rings is 1. The van der Waals surface area contributed by atoms with E-state index in [-0.39, 0.29) is 0 Å². The Hall–Kier alpha value is -1.10. The fourth-order valence-corrected chi connectivity index (χ4v) is 3.50. The van der Waals surface area contributed by atoms with Crippen molar-refractivity contribution in [3.05, 3.63) is 16.1 Å². The van der Waals surface area contributed by atoms with Crippen molar-refractivity contribution in [2.45, 2.75) is 64.8 Å². The molecule has 0 aliphatic heterocycles. The van der Waals surface area contributed by atoms with E-state index < -0.39 is 0 Å². The molecule has 4 nitrogen and oxygen atoms in total. The number of nitrogens with zero attached hydrogens (tertiary/aromatic N) is 2. The molecule has 0 aromatic carbocycles. The molecule has 1 aliphatic rings. The molecule has 0 atom stereocenters. The summed E-state index contributed by atoms with van der Waals surface area (Å²) >= 11 is 1.77. The summed E-state index contributed by atoms with van der Waals surface area (Å²) in [4.78, 5) is 9.19. The second-order valence-electron chi connectivity index (χ2n) is 5.73. The first-order valence-electron chi connectivity index (χ1n) is 8.23. The molecule has 0 unspecified atom stereocenters. The van der Waals surface area contributed by atoms with Crippen LogP contribution in [0.2, 0.25) is 0 Å². The lowest BCUT2D eigenvalue weighted by Crippen LogP contribution is -2.42. The Morgan fingerprint density at radius 2 is 2.19 bits per heavy atom. The Bertz CT molecular complexity index is 435. The highest BCUT2D eigenvalue weighted by Crippen LogP contribution is 2.17. The monoisotopic (exact) mass is 308 g/mol. The molecule has 0 spiro atoms. The van der Waals surface area contributed by atoms with Gasteiger partial charge in [-0.3, -0.25) is 4.99 Å². The Morgan fingerprint density at radius 1 is 1.38 bits per heavy atom. The van der Waals surface area contributed by atoms with Gasteiger partial charge in [-0.2, -0.15) is 0 Å². The first kappa shape index (κ1) is 16.3. The third-order valence-corrected chi connectivity index (χ3v) is 4.80. The van der Waals surface area contributed by atoms with E-state index >= 15 is 0 Å². The third kappa shape index (κ3) is 6.04. The summed E-state index contributed by atoms with van der Waals surface area (Å²) in [6.45, 7) is 6.00. The topological polar surface area (TPSA) is 49.3 Å². The number of aromatic nitrogens is 1. The highest BCUT2D eigenvalue weighted by atomic mass is 32.1. The summed E-state index contributed by atoms with van der Waals surface area (Å²) in [6.07, 6.45) is 8.65. The molecular formula is C16H28N4S. The number of unbranched alkanes of at least 4 members (excludes halogenated alkanes) is 1. The number of nitrogens with one attached hydrogen (secondary N) is 2. The van der Waals surface area contributed by atoms with E-state index in [2.05, 4.69) is 34.8 Å². The van der Waals surface area contributed by atoms with Gasteiger partial charge in [-0.1, -0.05) is 12.8 Å². The lowest BCUT2D eigenvalue weighted by molar-refractivity contribution is 0.612. The summed E-state index contributed by atoms with van der Waals surface area (Å²) in [6, 6.07) is 0.626. The Labute approximate surface area is 132 Å².